The van der Waals surface area contributed by atoms with Gasteiger partial charge in [0.1, 0.15) is 0 Å². The molecular formula is C101H116N4O14. The zero-order valence-corrected chi connectivity index (χ0v) is 70.4. The molecule has 0 spiro atoms. The molecule has 9 atom stereocenters. The maximum Gasteiger partial charge on any atom is 0.306 e. The van der Waals surface area contributed by atoms with E-state index in [0.29, 0.717) is 90.3 Å². The third-order valence-electron chi connectivity index (χ3n) is 25.7. The van der Waals surface area contributed by atoms with Crippen molar-refractivity contribution in [3.63, 3.8) is 0 Å². The average Bonchev–Trinajstić information content (AvgIpc) is 1.53. The van der Waals surface area contributed by atoms with E-state index in [-0.39, 0.29) is 123 Å². The minimum Gasteiger partial charge on any atom is -0.465 e. The molecule has 1 saturated heterocycles. The summed E-state index contributed by atoms with van der Waals surface area (Å²) in [7, 11) is 0. The number of allylic oxidation sites excluding steroid dienone is 6. The number of hydrogen-bond acceptors (Lipinski definition) is 18. The lowest BCUT2D eigenvalue weighted by Crippen LogP contribution is -2.55. The van der Waals surface area contributed by atoms with Gasteiger partial charge in [-0.2, -0.15) is 0 Å². The van der Waals surface area contributed by atoms with Crippen molar-refractivity contribution in [2.45, 2.75) is 183 Å². The van der Waals surface area contributed by atoms with Gasteiger partial charge in [0, 0.05) is 150 Å². The van der Waals surface area contributed by atoms with E-state index < -0.39 is 92.7 Å². The molecule has 12 rings (SSSR count). The molecule has 119 heavy (non-hydrogen) atoms. The van der Waals surface area contributed by atoms with Crippen LogP contribution in [0.3, 0.4) is 0 Å². The Kier molecular flexibility index (Phi) is 29.7. The molecule has 624 valence electrons. The smallest absolute Gasteiger partial charge is 0.306 e. The van der Waals surface area contributed by atoms with Gasteiger partial charge in [-0.3, -0.25) is 48.5 Å². The summed E-state index contributed by atoms with van der Waals surface area (Å²) >= 11 is 0. The van der Waals surface area contributed by atoms with Crippen LogP contribution in [0.1, 0.15) is 165 Å². The van der Waals surface area contributed by atoms with Gasteiger partial charge < -0.3 is 38.5 Å². The van der Waals surface area contributed by atoms with Crippen molar-refractivity contribution < 1.29 is 66.7 Å². The number of benzene rings is 7. The molecule has 0 radical (unpaired) electrons. The Balaban J connectivity index is 1.05. The summed E-state index contributed by atoms with van der Waals surface area (Å²) in [6, 6.07) is 67.7. The first-order valence-corrected chi connectivity index (χ1v) is 42.5. The molecule has 18 heteroatoms. The minimum atomic E-state index is -1.54. The van der Waals surface area contributed by atoms with Crippen LogP contribution in [0.15, 0.2) is 262 Å². The van der Waals surface area contributed by atoms with Crippen molar-refractivity contribution in [1.82, 2.24) is 5.32 Å². The molecular weight excluding hydrogens is 1490 g/mol. The van der Waals surface area contributed by atoms with Crippen LogP contribution in [0, 0.1) is 45.3 Å². The Labute approximate surface area is 701 Å². The van der Waals surface area contributed by atoms with E-state index in [0.717, 1.165) is 38.9 Å². The lowest BCUT2D eigenvalue weighted by atomic mass is 9.55. The minimum absolute atomic E-state index is 0.0127. The van der Waals surface area contributed by atoms with E-state index in [9.17, 15) is 19.2 Å². The first-order chi connectivity index (χ1) is 57.4. The Morgan fingerprint density at radius 2 is 0.714 bits per heavy atom. The molecule has 0 amide bonds. The van der Waals surface area contributed by atoms with Gasteiger partial charge in [0.15, 0.2) is 0 Å². The normalized spacial score (nSPS) is 22.7. The van der Waals surface area contributed by atoms with E-state index >= 15 is 14.4 Å². The second-order valence-electron chi connectivity index (χ2n) is 33.9. The number of ether oxygens (including phenoxy) is 7. The number of aliphatic imine (C=N–C) groups is 3. The van der Waals surface area contributed by atoms with Gasteiger partial charge in [-0.15, -0.1) is 0 Å². The van der Waals surface area contributed by atoms with Crippen LogP contribution >= 0.6 is 0 Å². The summed E-state index contributed by atoms with van der Waals surface area (Å²) in [5.41, 5.74) is 5.59. The number of rotatable bonds is 39. The van der Waals surface area contributed by atoms with Gasteiger partial charge in [-0.1, -0.05) is 247 Å². The number of esters is 7. The molecule has 1 N–H and O–H groups in total. The number of hydrogen-bond donors (Lipinski definition) is 1. The fraction of sp³-hybridized carbons (Fsp3) is 0.426. The van der Waals surface area contributed by atoms with Crippen molar-refractivity contribution in [2.75, 3.05) is 46.2 Å². The largest absolute Gasteiger partial charge is 0.465 e. The topological polar surface area (TPSA) is 233 Å². The van der Waals surface area contributed by atoms with Crippen LogP contribution in [0.25, 0.3) is 0 Å². The highest BCUT2D eigenvalue weighted by Gasteiger charge is 2.67. The fourth-order valence-electron chi connectivity index (χ4n) is 18.6. The van der Waals surface area contributed by atoms with Crippen molar-refractivity contribution in [3.8, 4) is 0 Å². The molecule has 9 unspecified atom stereocenters. The summed E-state index contributed by atoms with van der Waals surface area (Å²) in [6.45, 7) is 17.1. The molecule has 8 bridgehead atoms. The summed E-state index contributed by atoms with van der Waals surface area (Å²) in [4.78, 5) is 123. The Bertz CT molecular complexity index is 4850. The number of nitrogens with one attached hydrogen (secondary N) is 1. The van der Waals surface area contributed by atoms with Crippen LogP contribution < -0.4 is 5.32 Å². The van der Waals surface area contributed by atoms with Crippen molar-refractivity contribution >= 4 is 58.9 Å². The monoisotopic (exact) mass is 1610 g/mol. The molecule has 7 aromatic carbocycles. The molecule has 0 saturated carbocycles. The third-order valence-corrected chi connectivity index (χ3v) is 25.7. The fourth-order valence-corrected chi connectivity index (χ4v) is 18.6. The standard InChI is InChI=1S/C101H116N4O14/c1-70-92-80(45-48-86(107)114-60-52-73-32-18-10-19-33-73)97(3,4)84(103-92)67-83-79(44-47-85(106)113-59-51-72-30-16-9-17-31-72)99(6,68-90(111)118-64-56-77-40-26-14-27-41-77)95(102-83)71(2)93-81(46-49-87(108)115-61-53-74-34-20-11-21-35-74)100(7,69-91(112)119-65-57-78-42-28-15-29-43-78)101(8,105-93)96-82(66-89(110)117-63-55-76-38-24-13-25-39-76)98(5,94(70)104-96)58-50-88(109)116-62-54-75-36-22-12-23-37-75/h9-43,67,79-82,96,102H,44-66,68-69H2,1-8H3. The second kappa shape index (κ2) is 40.5. The van der Waals surface area contributed by atoms with Gasteiger partial charge in [0.25, 0.3) is 0 Å². The van der Waals surface area contributed by atoms with Crippen molar-refractivity contribution in [3.05, 3.63) is 286 Å². The van der Waals surface area contributed by atoms with Gasteiger partial charge in [0.05, 0.1) is 77.1 Å². The maximum absolute atomic E-state index is 15.7. The van der Waals surface area contributed by atoms with Crippen LogP contribution in [-0.2, 0) is 112 Å². The predicted molar refractivity (Wildman–Crippen MR) is 462 cm³/mol. The first-order valence-electron chi connectivity index (χ1n) is 42.5. The SMILES string of the molecule is CC1=C2N=C(C=C3NC(=C(C)C4=NC(C)(C5N=C1C(C)(CCC(=O)OCCc1ccccc1)C5CC(=O)OCCc1ccccc1)C(C)(CC(=O)OCCc1ccccc1)C4CCC(=O)OCCc1ccccc1)C(C)(CC(=O)OCCc1ccccc1)C3CCC(=O)OCCc1ccccc1)C(C)(C)C2CCC(=O)OCCc1ccccc1. The number of carbonyl (C=O) groups is 7. The first kappa shape index (κ1) is 87.2. The Morgan fingerprint density at radius 1 is 0.378 bits per heavy atom. The van der Waals surface area contributed by atoms with E-state index in [1.807, 2.05) is 253 Å². The molecule has 5 aliphatic rings. The molecule has 18 nitrogen and oxygen atoms in total. The molecule has 7 aromatic rings. The zero-order chi connectivity index (χ0) is 84.0. The van der Waals surface area contributed by atoms with E-state index in [2.05, 4.69) is 26.1 Å². The molecule has 0 aliphatic carbocycles. The molecule has 5 heterocycles. The Morgan fingerprint density at radius 3 is 1.10 bits per heavy atom. The number of carbonyl (C=O) groups excluding carboxylic acids is 7. The van der Waals surface area contributed by atoms with Gasteiger partial charge in [-0.05, 0) is 103 Å². The van der Waals surface area contributed by atoms with Crippen molar-refractivity contribution in [1.29, 1.82) is 0 Å². The van der Waals surface area contributed by atoms with Crippen LogP contribution in [0.4, 0.5) is 0 Å². The molecule has 5 aliphatic heterocycles. The van der Waals surface area contributed by atoms with E-state index in [1.165, 1.54) is 0 Å². The maximum atomic E-state index is 15.7. The van der Waals surface area contributed by atoms with Crippen LogP contribution in [-0.4, -0.2) is 117 Å². The molecule has 0 aromatic heterocycles. The highest BCUT2D eigenvalue weighted by Crippen LogP contribution is 2.63. The van der Waals surface area contributed by atoms with Crippen molar-refractivity contribution in [2.24, 2.45) is 60.3 Å². The van der Waals surface area contributed by atoms with Gasteiger partial charge in [-0.25, -0.2) is 0 Å². The Hall–Kier alpha value is -11.1. The summed E-state index contributed by atoms with van der Waals surface area (Å²) < 4.78 is 43.5. The quantitative estimate of drug-likeness (QED) is 0.0279. The van der Waals surface area contributed by atoms with Gasteiger partial charge >= 0.3 is 41.8 Å². The van der Waals surface area contributed by atoms with E-state index in [4.69, 9.17) is 48.1 Å². The summed E-state index contributed by atoms with van der Waals surface area (Å²) in [5, 5.41) is 3.97. The van der Waals surface area contributed by atoms with E-state index in [1.54, 1.807) is 0 Å². The highest BCUT2D eigenvalue weighted by molar-refractivity contribution is 6.10. The number of fused-ring (bicyclic) bond motifs is 6. The van der Waals surface area contributed by atoms with Crippen LogP contribution in [0.5, 0.6) is 0 Å². The second-order valence-corrected chi connectivity index (χ2v) is 33.9. The lowest BCUT2D eigenvalue weighted by molar-refractivity contribution is -0.150. The lowest BCUT2D eigenvalue weighted by Gasteiger charge is -2.48. The molecule has 1 fully saturated rings. The average molecular weight is 1610 g/mol. The third kappa shape index (κ3) is 21.9. The van der Waals surface area contributed by atoms with Gasteiger partial charge in [0.2, 0.25) is 0 Å². The number of nitrogens with zero attached hydrogens (tertiary/aromatic N) is 3. The zero-order valence-electron chi connectivity index (χ0n) is 70.4. The predicted octanol–water partition coefficient (Wildman–Crippen LogP) is 17.8. The highest BCUT2D eigenvalue weighted by atomic mass is 16.6. The summed E-state index contributed by atoms with van der Waals surface area (Å²) in [5.74, 6) is -6.07. The summed E-state index contributed by atoms with van der Waals surface area (Å²) in [6.07, 6.45) is 5.12. The van der Waals surface area contributed by atoms with Crippen LogP contribution in [0.2, 0.25) is 0 Å².